The molecule has 0 atom stereocenters. The molecule has 0 aliphatic carbocycles. The van der Waals surface area contributed by atoms with E-state index >= 15 is 0 Å². The molecule has 1 aromatic carbocycles. The van der Waals surface area contributed by atoms with Gasteiger partial charge in [0.1, 0.15) is 11.6 Å². The van der Waals surface area contributed by atoms with Gasteiger partial charge in [0.15, 0.2) is 11.0 Å². The molecule has 1 aliphatic heterocycles. The summed E-state index contributed by atoms with van der Waals surface area (Å²) in [7, 11) is -1.60. The Labute approximate surface area is 233 Å². The van der Waals surface area contributed by atoms with Crippen molar-refractivity contribution in [3.63, 3.8) is 0 Å². The van der Waals surface area contributed by atoms with Crippen LogP contribution < -0.4 is 16.0 Å². The second kappa shape index (κ2) is 10.7. The SMILES string of the molecule is CC(C)c1ccc(N2CC(N(C)S(C)(=O)=O)C2)c2cnc(Nc3ccnc(-c4cn(CCN)nc4Cl)n3)cc12. The van der Waals surface area contributed by atoms with Crippen molar-refractivity contribution in [1.29, 1.82) is 0 Å². The molecule has 206 valence electrons. The largest absolute Gasteiger partial charge is 0.368 e. The third-order valence-corrected chi connectivity index (χ3v) is 8.63. The Balaban J connectivity index is 1.43. The molecule has 3 N–H and O–H groups in total. The quantitative estimate of drug-likeness (QED) is 0.310. The number of hydrogen-bond acceptors (Lipinski definition) is 9. The third kappa shape index (κ3) is 5.55. The number of anilines is 3. The lowest BCUT2D eigenvalue weighted by atomic mass is 9.94. The van der Waals surface area contributed by atoms with Gasteiger partial charge in [-0.25, -0.2) is 23.4 Å². The van der Waals surface area contributed by atoms with E-state index in [4.69, 9.17) is 17.3 Å². The van der Waals surface area contributed by atoms with Crippen LogP contribution in [0.1, 0.15) is 25.3 Å². The second-order valence-electron chi connectivity index (χ2n) is 10.1. The summed E-state index contributed by atoms with van der Waals surface area (Å²) in [5.74, 6) is 1.97. The van der Waals surface area contributed by atoms with Gasteiger partial charge in [-0.3, -0.25) is 4.68 Å². The molecule has 4 heterocycles. The van der Waals surface area contributed by atoms with Gasteiger partial charge in [-0.15, -0.1) is 0 Å². The molecule has 0 radical (unpaired) electrons. The number of nitrogens with two attached hydrogens (primary N) is 1. The Morgan fingerprint density at radius 1 is 1.18 bits per heavy atom. The summed E-state index contributed by atoms with van der Waals surface area (Å²) in [6, 6.07) is 8.00. The number of hydrogen-bond donors (Lipinski definition) is 2. The first-order valence-corrected chi connectivity index (χ1v) is 14.9. The van der Waals surface area contributed by atoms with Gasteiger partial charge in [-0.2, -0.15) is 9.40 Å². The second-order valence-corrected chi connectivity index (χ2v) is 12.5. The first-order valence-electron chi connectivity index (χ1n) is 12.7. The van der Waals surface area contributed by atoms with Crippen molar-refractivity contribution in [2.75, 3.05) is 43.2 Å². The predicted molar refractivity (Wildman–Crippen MR) is 155 cm³/mol. The average molecular weight is 570 g/mol. The third-order valence-electron chi connectivity index (χ3n) is 7.00. The van der Waals surface area contributed by atoms with Crippen LogP contribution in [0.4, 0.5) is 17.3 Å². The highest BCUT2D eigenvalue weighted by Gasteiger charge is 2.35. The summed E-state index contributed by atoms with van der Waals surface area (Å²) in [6.45, 7) is 6.58. The van der Waals surface area contributed by atoms with Gasteiger partial charge >= 0.3 is 0 Å². The molecule has 13 heteroatoms. The highest BCUT2D eigenvalue weighted by Crippen LogP contribution is 2.36. The van der Waals surface area contributed by atoms with Crippen molar-refractivity contribution in [1.82, 2.24) is 29.0 Å². The van der Waals surface area contributed by atoms with E-state index in [1.165, 1.54) is 16.1 Å². The maximum Gasteiger partial charge on any atom is 0.211 e. The number of nitrogens with zero attached hydrogens (tertiary/aromatic N) is 7. The number of fused-ring (bicyclic) bond motifs is 1. The predicted octanol–water partition coefficient (Wildman–Crippen LogP) is 3.45. The molecule has 0 bridgehead atoms. The van der Waals surface area contributed by atoms with Crippen LogP contribution in [0.3, 0.4) is 0 Å². The van der Waals surface area contributed by atoms with Crippen LogP contribution in [0.25, 0.3) is 22.2 Å². The van der Waals surface area contributed by atoms with E-state index in [1.807, 2.05) is 12.3 Å². The van der Waals surface area contributed by atoms with E-state index in [9.17, 15) is 8.42 Å². The molecule has 0 unspecified atom stereocenters. The van der Waals surface area contributed by atoms with E-state index in [2.05, 4.69) is 56.2 Å². The number of aromatic nitrogens is 5. The van der Waals surface area contributed by atoms with E-state index in [0.717, 1.165) is 16.5 Å². The standard InChI is InChI=1S/C26H32ClN9O2S/c1-16(2)18-5-6-22(35-13-17(14-35)34(3)39(4,37)38)20-12-30-24(11-19(18)20)31-23-7-9-29-26(32-23)21-15-36(10-8-28)33-25(21)27/h5-7,9,11-12,15-17H,8,10,13-14,28H2,1-4H3,(H,29,30,31,32). The van der Waals surface area contributed by atoms with Gasteiger partial charge in [0.2, 0.25) is 10.0 Å². The van der Waals surface area contributed by atoms with Crippen molar-refractivity contribution >= 4 is 49.7 Å². The van der Waals surface area contributed by atoms with E-state index in [1.54, 1.807) is 30.2 Å². The summed E-state index contributed by atoms with van der Waals surface area (Å²) in [4.78, 5) is 15.9. The van der Waals surface area contributed by atoms with Gasteiger partial charge in [0.05, 0.1) is 24.4 Å². The highest BCUT2D eigenvalue weighted by molar-refractivity contribution is 7.88. The molecule has 3 aromatic heterocycles. The summed E-state index contributed by atoms with van der Waals surface area (Å²) in [5.41, 5.74) is 8.50. The molecule has 4 aromatic rings. The summed E-state index contributed by atoms with van der Waals surface area (Å²) >= 11 is 6.32. The number of nitrogens with one attached hydrogen (secondary N) is 1. The molecule has 5 rings (SSSR count). The van der Waals surface area contributed by atoms with Crippen LogP contribution in [-0.2, 0) is 16.6 Å². The Bertz CT molecular complexity index is 1620. The van der Waals surface area contributed by atoms with E-state index < -0.39 is 10.0 Å². The maximum absolute atomic E-state index is 11.9. The van der Waals surface area contributed by atoms with Crippen molar-refractivity contribution in [2.45, 2.75) is 32.4 Å². The Kier molecular flexibility index (Phi) is 7.47. The molecular weight excluding hydrogens is 538 g/mol. The van der Waals surface area contributed by atoms with Gasteiger partial charge in [0.25, 0.3) is 0 Å². The van der Waals surface area contributed by atoms with E-state index in [0.29, 0.717) is 60.3 Å². The smallest absolute Gasteiger partial charge is 0.211 e. The fourth-order valence-corrected chi connectivity index (χ4v) is 5.64. The Morgan fingerprint density at radius 3 is 2.64 bits per heavy atom. The number of likely N-dealkylation sites (N-methyl/N-ethyl adjacent to an activating group) is 1. The zero-order chi connectivity index (χ0) is 27.9. The molecule has 0 amide bonds. The molecule has 0 spiro atoms. The van der Waals surface area contributed by atoms with Gasteiger partial charge in [-0.05, 0) is 35.1 Å². The molecule has 11 nitrogen and oxygen atoms in total. The molecular formula is C26H32ClN9O2S. The summed E-state index contributed by atoms with van der Waals surface area (Å²) in [6.07, 6.45) is 6.55. The summed E-state index contributed by atoms with van der Waals surface area (Å²) < 4.78 is 27.0. The molecule has 1 aliphatic rings. The normalized spacial score (nSPS) is 14.4. The van der Waals surface area contributed by atoms with Crippen LogP contribution in [0, 0.1) is 0 Å². The van der Waals surface area contributed by atoms with E-state index in [-0.39, 0.29) is 6.04 Å². The number of pyridine rings is 1. The highest BCUT2D eigenvalue weighted by atomic mass is 35.5. The monoisotopic (exact) mass is 569 g/mol. The van der Waals surface area contributed by atoms with Crippen LogP contribution in [0.15, 0.2) is 42.9 Å². The minimum absolute atomic E-state index is 0.0448. The zero-order valence-electron chi connectivity index (χ0n) is 22.3. The lowest BCUT2D eigenvalue weighted by molar-refractivity contribution is 0.313. The molecule has 1 saturated heterocycles. The maximum atomic E-state index is 11.9. The number of rotatable bonds is 9. The van der Waals surface area contributed by atoms with Gasteiger partial charge in [0, 0.05) is 56.3 Å². The topological polar surface area (TPSA) is 135 Å². The van der Waals surface area contributed by atoms with Crippen LogP contribution in [0.5, 0.6) is 0 Å². The first-order chi connectivity index (χ1) is 18.5. The van der Waals surface area contributed by atoms with Crippen LogP contribution in [0.2, 0.25) is 5.15 Å². The van der Waals surface area contributed by atoms with Crippen molar-refractivity contribution in [3.8, 4) is 11.4 Å². The molecule has 39 heavy (non-hydrogen) atoms. The fourth-order valence-electron chi connectivity index (χ4n) is 4.73. The minimum atomic E-state index is -3.23. The lowest BCUT2D eigenvalue weighted by Gasteiger charge is -2.44. The van der Waals surface area contributed by atoms with Crippen molar-refractivity contribution in [3.05, 3.63) is 53.6 Å². The van der Waals surface area contributed by atoms with Crippen molar-refractivity contribution in [2.24, 2.45) is 5.73 Å². The van der Waals surface area contributed by atoms with Crippen LogP contribution >= 0.6 is 11.6 Å². The number of sulfonamides is 1. The number of halogens is 1. The van der Waals surface area contributed by atoms with Crippen molar-refractivity contribution < 1.29 is 8.42 Å². The van der Waals surface area contributed by atoms with Crippen LogP contribution in [-0.4, -0.2) is 76.4 Å². The molecule has 0 saturated carbocycles. The fraction of sp³-hybridized carbons (Fsp3) is 0.385. The van der Waals surface area contributed by atoms with Gasteiger partial charge < -0.3 is 16.0 Å². The average Bonchev–Trinajstić information content (AvgIpc) is 3.22. The first kappa shape index (κ1) is 27.3. The Hall–Kier alpha value is -3.32. The Morgan fingerprint density at radius 2 is 1.95 bits per heavy atom. The minimum Gasteiger partial charge on any atom is -0.368 e. The zero-order valence-corrected chi connectivity index (χ0v) is 23.9. The summed E-state index contributed by atoms with van der Waals surface area (Å²) in [5, 5.41) is 9.98. The molecule has 1 fully saturated rings. The number of benzene rings is 1. The lowest BCUT2D eigenvalue weighted by Crippen LogP contribution is -2.59. The van der Waals surface area contributed by atoms with Gasteiger partial charge in [-0.1, -0.05) is 31.5 Å².